The number of benzene rings is 2. The van der Waals surface area contributed by atoms with Gasteiger partial charge < -0.3 is 10.4 Å². The maximum Gasteiger partial charge on any atom is 0.255 e. The Bertz CT molecular complexity index is 811. The summed E-state index contributed by atoms with van der Waals surface area (Å²) >= 11 is 0. The third-order valence-electron chi connectivity index (χ3n) is 3.31. The first-order chi connectivity index (χ1) is 10.1. The van der Waals surface area contributed by atoms with Crippen molar-refractivity contribution in [1.82, 2.24) is 4.98 Å². The first-order valence-electron chi connectivity index (χ1n) is 6.60. The highest BCUT2D eigenvalue weighted by molar-refractivity contribution is 6.09. The summed E-state index contributed by atoms with van der Waals surface area (Å²) in [7, 11) is 0. The average molecular weight is 278 g/mol. The number of carbonyl (C=O) groups is 1. The van der Waals surface area contributed by atoms with Crippen LogP contribution in [0.15, 0.2) is 54.7 Å². The van der Waals surface area contributed by atoms with Gasteiger partial charge in [-0.15, -0.1) is 0 Å². The van der Waals surface area contributed by atoms with Gasteiger partial charge in [-0.3, -0.25) is 9.78 Å². The van der Waals surface area contributed by atoms with E-state index < -0.39 is 0 Å². The minimum atomic E-state index is -0.201. The molecule has 0 aliphatic carbocycles. The van der Waals surface area contributed by atoms with Gasteiger partial charge in [-0.25, -0.2) is 0 Å². The summed E-state index contributed by atoms with van der Waals surface area (Å²) in [6.07, 6.45) is 1.63. The monoisotopic (exact) mass is 278 g/mol. The molecule has 0 fully saturated rings. The van der Waals surface area contributed by atoms with Crippen LogP contribution in [0.4, 0.5) is 5.69 Å². The van der Waals surface area contributed by atoms with Crippen LogP contribution >= 0.6 is 0 Å². The average Bonchev–Trinajstić information content (AvgIpc) is 2.51. The predicted octanol–water partition coefficient (Wildman–Crippen LogP) is 3.50. The maximum atomic E-state index is 12.3. The smallest absolute Gasteiger partial charge is 0.255 e. The molecule has 3 aromatic rings. The third kappa shape index (κ3) is 2.56. The molecule has 104 valence electrons. The number of nitrogens with zero attached hydrogens (tertiary/aromatic N) is 1. The fraction of sp³-hybridized carbons (Fsp3) is 0.0588. The summed E-state index contributed by atoms with van der Waals surface area (Å²) in [5, 5.41) is 13.3. The minimum absolute atomic E-state index is 0.145. The van der Waals surface area contributed by atoms with Crippen molar-refractivity contribution in [1.29, 1.82) is 0 Å². The van der Waals surface area contributed by atoms with Gasteiger partial charge >= 0.3 is 0 Å². The van der Waals surface area contributed by atoms with Crippen LogP contribution in [0, 0.1) is 6.92 Å². The number of fused-ring (bicyclic) bond motifs is 1. The third-order valence-corrected chi connectivity index (χ3v) is 3.31. The van der Waals surface area contributed by atoms with Gasteiger partial charge in [-0.1, -0.05) is 17.7 Å². The number of nitrogens with one attached hydrogen (secondary N) is 1. The van der Waals surface area contributed by atoms with E-state index in [1.165, 1.54) is 0 Å². The van der Waals surface area contributed by atoms with Crippen molar-refractivity contribution in [2.24, 2.45) is 0 Å². The summed E-state index contributed by atoms with van der Waals surface area (Å²) in [6.45, 7) is 1.97. The lowest BCUT2D eigenvalue weighted by atomic mass is 10.1. The molecule has 2 aromatic carbocycles. The van der Waals surface area contributed by atoms with E-state index in [-0.39, 0.29) is 11.7 Å². The van der Waals surface area contributed by atoms with Crippen LogP contribution in [0.25, 0.3) is 10.9 Å². The largest absolute Gasteiger partial charge is 0.507 e. The second kappa shape index (κ2) is 5.25. The number of rotatable bonds is 2. The first kappa shape index (κ1) is 13.1. The summed E-state index contributed by atoms with van der Waals surface area (Å²) in [6, 6.07) is 14.0. The zero-order valence-electron chi connectivity index (χ0n) is 11.5. The van der Waals surface area contributed by atoms with Crippen LogP contribution in [0.5, 0.6) is 5.75 Å². The number of phenols is 1. The lowest BCUT2D eigenvalue weighted by Crippen LogP contribution is -2.12. The molecule has 0 radical (unpaired) electrons. The van der Waals surface area contributed by atoms with Gasteiger partial charge in [0.1, 0.15) is 5.75 Å². The van der Waals surface area contributed by atoms with Crippen molar-refractivity contribution in [2.45, 2.75) is 6.92 Å². The number of pyridine rings is 1. The summed E-state index contributed by atoms with van der Waals surface area (Å²) in [5.41, 5.74) is 2.83. The first-order valence-corrected chi connectivity index (χ1v) is 6.60. The second-order valence-corrected chi connectivity index (χ2v) is 4.85. The summed E-state index contributed by atoms with van der Waals surface area (Å²) in [5.74, 6) is -0.0564. The van der Waals surface area contributed by atoms with E-state index in [1.54, 1.807) is 42.6 Å². The SMILES string of the molecule is Cc1ccc(C(=O)Nc2ccc(O)c3cccnc23)cc1. The molecule has 0 spiro atoms. The molecule has 2 N–H and O–H groups in total. The number of anilines is 1. The summed E-state index contributed by atoms with van der Waals surface area (Å²) < 4.78 is 0. The van der Waals surface area contributed by atoms with Gasteiger partial charge in [0.15, 0.2) is 0 Å². The fourth-order valence-electron chi connectivity index (χ4n) is 2.16. The molecule has 1 amide bonds. The Labute approximate surface area is 122 Å². The molecule has 4 nitrogen and oxygen atoms in total. The highest BCUT2D eigenvalue weighted by Crippen LogP contribution is 2.29. The molecule has 0 unspecified atom stereocenters. The van der Waals surface area contributed by atoms with Gasteiger partial charge in [-0.05, 0) is 43.3 Å². The Morgan fingerprint density at radius 2 is 1.86 bits per heavy atom. The van der Waals surface area contributed by atoms with E-state index in [9.17, 15) is 9.90 Å². The van der Waals surface area contributed by atoms with Crippen molar-refractivity contribution < 1.29 is 9.90 Å². The Hall–Kier alpha value is -2.88. The molecule has 0 aliphatic heterocycles. The quantitative estimate of drug-likeness (QED) is 0.705. The Morgan fingerprint density at radius 3 is 2.62 bits per heavy atom. The van der Waals surface area contributed by atoms with Gasteiger partial charge in [0.2, 0.25) is 0 Å². The van der Waals surface area contributed by atoms with E-state index in [2.05, 4.69) is 10.3 Å². The van der Waals surface area contributed by atoms with E-state index >= 15 is 0 Å². The van der Waals surface area contributed by atoms with E-state index in [0.717, 1.165) is 5.56 Å². The van der Waals surface area contributed by atoms with E-state index in [0.29, 0.717) is 22.2 Å². The highest BCUT2D eigenvalue weighted by Gasteiger charge is 2.10. The van der Waals surface area contributed by atoms with Crippen molar-refractivity contribution in [3.05, 3.63) is 65.9 Å². The van der Waals surface area contributed by atoms with Crippen LogP contribution in [0.3, 0.4) is 0 Å². The van der Waals surface area contributed by atoms with E-state index in [4.69, 9.17) is 0 Å². The van der Waals surface area contributed by atoms with Gasteiger partial charge in [0.25, 0.3) is 5.91 Å². The van der Waals surface area contributed by atoms with Crippen molar-refractivity contribution in [3.8, 4) is 5.75 Å². The molecule has 0 saturated carbocycles. The molecule has 0 bridgehead atoms. The fourth-order valence-corrected chi connectivity index (χ4v) is 2.16. The van der Waals surface area contributed by atoms with Crippen LogP contribution in [0.1, 0.15) is 15.9 Å². The topological polar surface area (TPSA) is 62.2 Å². The van der Waals surface area contributed by atoms with Crippen molar-refractivity contribution >= 4 is 22.5 Å². The molecule has 1 heterocycles. The van der Waals surface area contributed by atoms with Crippen LogP contribution in [-0.4, -0.2) is 16.0 Å². The predicted molar refractivity (Wildman–Crippen MR) is 82.5 cm³/mol. The van der Waals surface area contributed by atoms with Crippen molar-refractivity contribution in [2.75, 3.05) is 5.32 Å². The van der Waals surface area contributed by atoms with Gasteiger partial charge in [-0.2, -0.15) is 0 Å². The molecular weight excluding hydrogens is 264 g/mol. The number of aromatic nitrogens is 1. The zero-order chi connectivity index (χ0) is 14.8. The maximum absolute atomic E-state index is 12.3. The molecule has 0 aliphatic rings. The highest BCUT2D eigenvalue weighted by atomic mass is 16.3. The van der Waals surface area contributed by atoms with Crippen molar-refractivity contribution in [3.63, 3.8) is 0 Å². The standard InChI is InChI=1S/C17H14N2O2/c1-11-4-6-12(7-5-11)17(21)19-14-8-9-15(20)13-3-2-10-18-16(13)14/h2-10,20H,1H3,(H,19,21). The Balaban J connectivity index is 1.97. The number of hydrogen-bond acceptors (Lipinski definition) is 3. The normalized spacial score (nSPS) is 10.5. The molecule has 4 heteroatoms. The summed E-state index contributed by atoms with van der Waals surface area (Å²) in [4.78, 5) is 16.5. The lowest BCUT2D eigenvalue weighted by Gasteiger charge is -2.09. The number of amides is 1. The molecule has 0 saturated heterocycles. The van der Waals surface area contributed by atoms with Crippen LogP contribution in [-0.2, 0) is 0 Å². The number of carbonyl (C=O) groups excluding carboxylic acids is 1. The van der Waals surface area contributed by atoms with Gasteiger partial charge in [0.05, 0.1) is 11.2 Å². The van der Waals surface area contributed by atoms with E-state index in [1.807, 2.05) is 19.1 Å². The molecule has 0 atom stereocenters. The Morgan fingerprint density at radius 1 is 1.10 bits per heavy atom. The molecule has 21 heavy (non-hydrogen) atoms. The number of phenolic OH excluding ortho intramolecular Hbond substituents is 1. The van der Waals surface area contributed by atoms with Gasteiger partial charge in [0, 0.05) is 17.1 Å². The molecule has 3 rings (SSSR count). The Kier molecular flexibility index (Phi) is 3.28. The zero-order valence-corrected chi connectivity index (χ0v) is 11.5. The van der Waals surface area contributed by atoms with Crippen LogP contribution < -0.4 is 5.32 Å². The number of aromatic hydroxyl groups is 1. The molecule has 1 aromatic heterocycles. The second-order valence-electron chi connectivity index (χ2n) is 4.85. The lowest BCUT2D eigenvalue weighted by molar-refractivity contribution is 0.102. The molecular formula is C17H14N2O2. The van der Waals surface area contributed by atoms with Crippen LogP contribution in [0.2, 0.25) is 0 Å². The minimum Gasteiger partial charge on any atom is -0.507 e. The number of aryl methyl sites for hydroxylation is 1. The number of hydrogen-bond donors (Lipinski definition) is 2.